The highest BCUT2D eigenvalue weighted by Gasteiger charge is 2.27. The largest absolute Gasteiger partial charge is 0.493 e. The monoisotopic (exact) mass is 489 g/mol. The first-order chi connectivity index (χ1) is 17.5. The number of hydrogen-bond acceptors (Lipinski definition) is 6. The van der Waals surface area contributed by atoms with Gasteiger partial charge in [-0.05, 0) is 49.2 Å². The van der Waals surface area contributed by atoms with Crippen LogP contribution in [0, 0.1) is 12.7 Å². The van der Waals surface area contributed by atoms with Crippen molar-refractivity contribution in [2.45, 2.75) is 32.7 Å². The van der Waals surface area contributed by atoms with Crippen molar-refractivity contribution in [2.75, 3.05) is 25.6 Å². The maximum atomic E-state index is 14.1. The number of ether oxygens (including phenoxy) is 3. The third-order valence-electron chi connectivity index (χ3n) is 6.53. The van der Waals surface area contributed by atoms with E-state index in [2.05, 4.69) is 16.4 Å². The van der Waals surface area contributed by atoms with Crippen molar-refractivity contribution in [2.24, 2.45) is 0 Å². The van der Waals surface area contributed by atoms with Crippen LogP contribution in [0.4, 0.5) is 10.1 Å². The van der Waals surface area contributed by atoms with Gasteiger partial charge in [0.2, 0.25) is 0 Å². The number of rotatable bonds is 8. The van der Waals surface area contributed by atoms with Crippen molar-refractivity contribution in [3.05, 3.63) is 77.1 Å². The molecular formula is C28H28FN3O4. The van der Waals surface area contributed by atoms with Crippen molar-refractivity contribution < 1.29 is 23.4 Å². The number of hydrogen-bond donors (Lipinski definition) is 1. The Kier molecular flexibility index (Phi) is 6.50. The highest BCUT2D eigenvalue weighted by Crippen LogP contribution is 2.38. The number of nitrogens with zero attached hydrogens (tertiary/aromatic N) is 2. The second kappa shape index (κ2) is 9.89. The van der Waals surface area contributed by atoms with Gasteiger partial charge in [0, 0.05) is 35.8 Å². The summed E-state index contributed by atoms with van der Waals surface area (Å²) < 4.78 is 32.4. The van der Waals surface area contributed by atoms with Gasteiger partial charge in [-0.1, -0.05) is 18.2 Å². The average molecular weight is 490 g/mol. The SMILES string of the molecule is CCOc1nc2ccc(F)cc2n1-c1cccc(CNc2ccc3c(c2)OCC3CC(=O)OC)c1C. The summed E-state index contributed by atoms with van der Waals surface area (Å²) in [6.07, 6.45) is 0.304. The number of nitrogens with one attached hydrogen (secondary N) is 1. The van der Waals surface area contributed by atoms with Crippen LogP contribution in [0.5, 0.6) is 11.8 Å². The molecule has 1 N–H and O–H groups in total. The molecule has 0 spiro atoms. The quantitative estimate of drug-likeness (QED) is 0.329. The Morgan fingerprint density at radius 2 is 2.08 bits per heavy atom. The normalized spacial score (nSPS) is 14.4. The van der Waals surface area contributed by atoms with Crippen LogP contribution in [0.2, 0.25) is 0 Å². The second-order valence-electron chi connectivity index (χ2n) is 8.75. The number of methoxy groups -OCH3 is 1. The van der Waals surface area contributed by atoms with Gasteiger partial charge >= 0.3 is 12.0 Å². The van der Waals surface area contributed by atoms with E-state index < -0.39 is 0 Å². The van der Waals surface area contributed by atoms with E-state index in [0.717, 1.165) is 33.8 Å². The third kappa shape index (κ3) is 4.46. The van der Waals surface area contributed by atoms with E-state index in [9.17, 15) is 9.18 Å². The van der Waals surface area contributed by atoms with Crippen molar-refractivity contribution >= 4 is 22.7 Å². The van der Waals surface area contributed by atoms with Gasteiger partial charge < -0.3 is 19.5 Å². The fourth-order valence-corrected chi connectivity index (χ4v) is 4.63. The number of carbonyl (C=O) groups is 1. The summed E-state index contributed by atoms with van der Waals surface area (Å²) in [5.74, 6) is 0.229. The molecule has 1 aliphatic heterocycles. The van der Waals surface area contributed by atoms with Crippen LogP contribution >= 0.6 is 0 Å². The molecule has 0 amide bonds. The van der Waals surface area contributed by atoms with Crippen LogP contribution in [0.1, 0.15) is 36.0 Å². The zero-order valence-corrected chi connectivity index (χ0v) is 20.5. The van der Waals surface area contributed by atoms with Gasteiger partial charge in [0.25, 0.3) is 0 Å². The van der Waals surface area contributed by atoms with Crippen LogP contribution in [-0.2, 0) is 16.1 Å². The molecule has 1 atom stereocenters. The highest BCUT2D eigenvalue weighted by molar-refractivity contribution is 5.79. The number of anilines is 1. The predicted octanol–water partition coefficient (Wildman–Crippen LogP) is 5.52. The molecule has 1 aromatic heterocycles. The molecule has 0 radical (unpaired) electrons. The van der Waals surface area contributed by atoms with Crippen LogP contribution in [-0.4, -0.2) is 35.8 Å². The zero-order chi connectivity index (χ0) is 25.2. The molecule has 0 bridgehead atoms. The van der Waals surface area contributed by atoms with E-state index in [0.29, 0.717) is 43.2 Å². The lowest BCUT2D eigenvalue weighted by Crippen LogP contribution is -2.09. The maximum Gasteiger partial charge on any atom is 0.306 e. The minimum Gasteiger partial charge on any atom is -0.493 e. The molecular weight excluding hydrogens is 461 g/mol. The summed E-state index contributed by atoms with van der Waals surface area (Å²) in [6, 6.07) is 17.0. The molecule has 4 aromatic rings. The Labute approximate surface area is 208 Å². The molecule has 1 aliphatic rings. The van der Waals surface area contributed by atoms with Crippen molar-refractivity contribution in [1.29, 1.82) is 0 Å². The number of halogens is 1. The fraction of sp³-hybridized carbons (Fsp3) is 0.286. The first-order valence-corrected chi connectivity index (χ1v) is 12.0. The fourth-order valence-electron chi connectivity index (χ4n) is 4.63. The van der Waals surface area contributed by atoms with Gasteiger partial charge in [0.1, 0.15) is 11.6 Å². The first-order valence-electron chi connectivity index (χ1n) is 12.0. The minimum absolute atomic E-state index is 0.00908. The van der Waals surface area contributed by atoms with Gasteiger partial charge in [-0.2, -0.15) is 4.98 Å². The molecule has 3 aromatic carbocycles. The Morgan fingerprint density at radius 1 is 1.22 bits per heavy atom. The van der Waals surface area contributed by atoms with Crippen LogP contribution < -0.4 is 14.8 Å². The van der Waals surface area contributed by atoms with Crippen LogP contribution in [0.3, 0.4) is 0 Å². The summed E-state index contributed by atoms with van der Waals surface area (Å²) in [7, 11) is 1.40. The molecule has 1 unspecified atom stereocenters. The topological polar surface area (TPSA) is 74.6 Å². The molecule has 0 aliphatic carbocycles. The summed E-state index contributed by atoms with van der Waals surface area (Å²) in [5.41, 5.74) is 6.27. The summed E-state index contributed by atoms with van der Waals surface area (Å²) >= 11 is 0. The first kappa shape index (κ1) is 23.7. The molecule has 7 nitrogen and oxygen atoms in total. The maximum absolute atomic E-state index is 14.1. The number of aromatic nitrogens is 2. The summed E-state index contributed by atoms with van der Waals surface area (Å²) in [5, 5.41) is 3.47. The Morgan fingerprint density at radius 3 is 2.89 bits per heavy atom. The minimum atomic E-state index is -0.324. The molecule has 186 valence electrons. The number of benzene rings is 3. The number of imidazole rings is 1. The van der Waals surface area contributed by atoms with E-state index in [1.807, 2.05) is 48.7 Å². The molecule has 2 heterocycles. The van der Waals surface area contributed by atoms with Crippen LogP contribution in [0.25, 0.3) is 16.7 Å². The van der Waals surface area contributed by atoms with Crippen molar-refractivity contribution in [3.63, 3.8) is 0 Å². The highest BCUT2D eigenvalue weighted by atomic mass is 19.1. The molecule has 0 saturated heterocycles. The zero-order valence-electron chi connectivity index (χ0n) is 20.5. The Bertz CT molecular complexity index is 1430. The number of fused-ring (bicyclic) bond motifs is 2. The van der Waals surface area contributed by atoms with E-state index in [1.54, 1.807) is 6.07 Å². The Hall–Kier alpha value is -4.07. The van der Waals surface area contributed by atoms with E-state index in [4.69, 9.17) is 14.2 Å². The molecule has 36 heavy (non-hydrogen) atoms. The van der Waals surface area contributed by atoms with Gasteiger partial charge in [-0.15, -0.1) is 0 Å². The molecule has 8 heteroatoms. The third-order valence-corrected chi connectivity index (χ3v) is 6.53. The lowest BCUT2D eigenvalue weighted by molar-refractivity contribution is -0.141. The second-order valence-corrected chi connectivity index (χ2v) is 8.75. The summed E-state index contributed by atoms with van der Waals surface area (Å²) in [4.78, 5) is 16.2. The van der Waals surface area contributed by atoms with Crippen molar-refractivity contribution in [1.82, 2.24) is 9.55 Å². The van der Waals surface area contributed by atoms with Crippen molar-refractivity contribution in [3.8, 4) is 17.4 Å². The van der Waals surface area contributed by atoms with E-state index >= 15 is 0 Å². The standard InChI is InChI=1S/C28H28FN3O4/c1-4-35-28-31-23-11-8-20(29)13-25(23)32(28)24-7-5-6-18(17(24)2)15-30-21-9-10-22-19(12-27(33)34-3)16-36-26(22)14-21/h5-11,13-14,19,30H,4,12,15-16H2,1-3H3. The van der Waals surface area contributed by atoms with Gasteiger partial charge in [0.15, 0.2) is 0 Å². The smallest absolute Gasteiger partial charge is 0.306 e. The molecule has 5 rings (SSSR count). The summed E-state index contributed by atoms with van der Waals surface area (Å²) in [6.45, 7) is 5.44. The predicted molar refractivity (Wildman–Crippen MR) is 136 cm³/mol. The Balaban J connectivity index is 1.40. The lowest BCUT2D eigenvalue weighted by Gasteiger charge is -2.16. The lowest BCUT2D eigenvalue weighted by atomic mass is 9.97. The van der Waals surface area contributed by atoms with E-state index in [1.165, 1.54) is 19.2 Å². The number of esters is 1. The van der Waals surface area contributed by atoms with Gasteiger partial charge in [-0.3, -0.25) is 9.36 Å². The van der Waals surface area contributed by atoms with E-state index in [-0.39, 0.29) is 17.7 Å². The number of carbonyl (C=O) groups excluding carboxylic acids is 1. The molecule has 0 fully saturated rings. The molecule has 0 saturated carbocycles. The van der Waals surface area contributed by atoms with Crippen LogP contribution in [0.15, 0.2) is 54.6 Å². The van der Waals surface area contributed by atoms with Gasteiger partial charge in [0.05, 0.1) is 43.5 Å². The van der Waals surface area contributed by atoms with Gasteiger partial charge in [-0.25, -0.2) is 4.39 Å². The average Bonchev–Trinajstić information content (AvgIpc) is 3.43.